The monoisotopic (exact) mass is 344 g/mol. The number of rotatable bonds is 6. The molecule has 0 atom stereocenters. The highest BCUT2D eigenvalue weighted by molar-refractivity contribution is 7.80. The molecule has 2 rings (SSSR count). The van der Waals surface area contributed by atoms with Gasteiger partial charge in [0, 0.05) is 18.4 Å². The smallest absolute Gasteiger partial charge is 0.257 e. The summed E-state index contributed by atoms with van der Waals surface area (Å²) in [6.07, 6.45) is 0. The number of benzene rings is 2. The highest BCUT2D eigenvalue weighted by atomic mass is 32.1. The van der Waals surface area contributed by atoms with Crippen LogP contribution in [0.2, 0.25) is 0 Å². The molecule has 0 saturated heterocycles. The van der Waals surface area contributed by atoms with E-state index in [-0.39, 0.29) is 11.0 Å². The first-order valence-electron chi connectivity index (χ1n) is 7.49. The van der Waals surface area contributed by atoms with Crippen molar-refractivity contribution in [2.75, 3.05) is 25.6 Å². The van der Waals surface area contributed by atoms with Gasteiger partial charge in [0.25, 0.3) is 5.91 Å². The molecule has 0 spiro atoms. The van der Waals surface area contributed by atoms with Crippen LogP contribution >= 0.6 is 12.2 Å². The second-order valence-electron chi connectivity index (χ2n) is 5.14. The van der Waals surface area contributed by atoms with Gasteiger partial charge in [0.15, 0.2) is 5.11 Å². The summed E-state index contributed by atoms with van der Waals surface area (Å²) in [5.74, 6) is 0.503. The zero-order chi connectivity index (χ0) is 17.4. The van der Waals surface area contributed by atoms with Gasteiger partial charge in [-0.3, -0.25) is 10.1 Å². The van der Waals surface area contributed by atoms with Crippen LogP contribution in [0.1, 0.15) is 15.9 Å². The molecule has 126 valence electrons. The number of ether oxygens (including phenoxy) is 2. The summed E-state index contributed by atoms with van der Waals surface area (Å²) in [5.41, 5.74) is 2.36. The van der Waals surface area contributed by atoms with Gasteiger partial charge in [0.05, 0.1) is 6.61 Å². The van der Waals surface area contributed by atoms with E-state index in [0.717, 1.165) is 17.0 Å². The molecule has 0 bridgehead atoms. The average Bonchev–Trinajstić information content (AvgIpc) is 2.56. The van der Waals surface area contributed by atoms with Crippen LogP contribution in [0.3, 0.4) is 0 Å². The van der Waals surface area contributed by atoms with E-state index in [2.05, 4.69) is 10.6 Å². The van der Waals surface area contributed by atoms with E-state index < -0.39 is 0 Å². The second kappa shape index (κ2) is 9.00. The fourth-order valence-electron chi connectivity index (χ4n) is 2.00. The minimum absolute atomic E-state index is 0.240. The molecule has 2 aromatic carbocycles. The summed E-state index contributed by atoms with van der Waals surface area (Å²) in [4.78, 5) is 12.1. The van der Waals surface area contributed by atoms with Gasteiger partial charge in [-0.2, -0.15) is 0 Å². The van der Waals surface area contributed by atoms with Crippen LogP contribution in [0.15, 0.2) is 48.5 Å². The van der Waals surface area contributed by atoms with Crippen LogP contribution in [0, 0.1) is 6.92 Å². The Morgan fingerprint density at radius 2 is 1.88 bits per heavy atom. The number of carbonyl (C=O) groups is 1. The Bertz CT molecular complexity index is 702. The van der Waals surface area contributed by atoms with Gasteiger partial charge in [0.2, 0.25) is 0 Å². The van der Waals surface area contributed by atoms with Crippen LogP contribution in [-0.2, 0) is 4.74 Å². The summed E-state index contributed by atoms with van der Waals surface area (Å²) < 4.78 is 10.4. The molecule has 1 amide bonds. The molecule has 0 aromatic heterocycles. The molecule has 5 nitrogen and oxygen atoms in total. The lowest BCUT2D eigenvalue weighted by Gasteiger charge is -2.11. The molecule has 2 aromatic rings. The number of hydrogen-bond donors (Lipinski definition) is 2. The first-order chi connectivity index (χ1) is 11.6. The van der Waals surface area contributed by atoms with Crippen LogP contribution in [0.4, 0.5) is 5.69 Å². The van der Waals surface area contributed by atoms with Gasteiger partial charge in [-0.15, -0.1) is 0 Å². The number of hydrogen-bond acceptors (Lipinski definition) is 4. The lowest BCUT2D eigenvalue weighted by molar-refractivity contribution is 0.0977. The van der Waals surface area contributed by atoms with Crippen molar-refractivity contribution in [2.45, 2.75) is 6.92 Å². The van der Waals surface area contributed by atoms with Crippen LogP contribution in [-0.4, -0.2) is 31.3 Å². The standard InChI is InChI=1S/C18H20N2O3S/c1-13-4-3-5-14(12-13)17(21)20-18(24)19-15-6-8-16(9-7-15)23-11-10-22-2/h3-9,12H,10-11H2,1-2H3,(H2,19,20,21,24). The Labute approximate surface area is 147 Å². The van der Waals surface area contributed by atoms with Crippen LogP contribution in [0.25, 0.3) is 0 Å². The summed E-state index contributed by atoms with van der Waals surface area (Å²) >= 11 is 5.17. The Hall–Kier alpha value is -2.44. The van der Waals surface area contributed by atoms with Crippen molar-refractivity contribution in [3.8, 4) is 5.75 Å². The molecular formula is C18H20N2O3S. The molecule has 6 heteroatoms. The lowest BCUT2D eigenvalue weighted by Crippen LogP contribution is -2.34. The minimum atomic E-state index is -0.240. The van der Waals surface area contributed by atoms with Gasteiger partial charge in [-0.25, -0.2) is 0 Å². The fourth-order valence-corrected chi connectivity index (χ4v) is 2.21. The zero-order valence-electron chi connectivity index (χ0n) is 13.7. The Balaban J connectivity index is 1.86. The fraction of sp³-hybridized carbons (Fsp3) is 0.222. The van der Waals surface area contributed by atoms with Crippen molar-refractivity contribution in [3.05, 3.63) is 59.7 Å². The van der Waals surface area contributed by atoms with Crippen LogP contribution in [0.5, 0.6) is 5.75 Å². The number of aryl methyl sites for hydroxylation is 1. The summed E-state index contributed by atoms with van der Waals surface area (Å²) in [6.45, 7) is 2.97. The molecule has 0 fully saturated rings. The van der Waals surface area contributed by atoms with Crippen molar-refractivity contribution in [2.24, 2.45) is 0 Å². The third-order valence-corrected chi connectivity index (χ3v) is 3.38. The van der Waals surface area contributed by atoms with Gasteiger partial charge >= 0.3 is 0 Å². The van der Waals surface area contributed by atoms with E-state index in [4.69, 9.17) is 21.7 Å². The molecule has 0 aliphatic carbocycles. The molecular weight excluding hydrogens is 324 g/mol. The Morgan fingerprint density at radius 1 is 1.12 bits per heavy atom. The number of carbonyl (C=O) groups excluding carboxylic acids is 1. The van der Waals surface area contributed by atoms with E-state index in [9.17, 15) is 4.79 Å². The van der Waals surface area contributed by atoms with E-state index in [0.29, 0.717) is 18.8 Å². The Morgan fingerprint density at radius 3 is 2.54 bits per heavy atom. The predicted molar refractivity (Wildman–Crippen MR) is 98.7 cm³/mol. The highest BCUT2D eigenvalue weighted by Gasteiger charge is 2.08. The number of thiocarbonyl (C=S) groups is 1. The molecule has 0 aliphatic rings. The molecule has 0 radical (unpaired) electrons. The number of anilines is 1. The summed E-state index contributed by atoms with van der Waals surface area (Å²) in [6, 6.07) is 14.6. The Kier molecular flexibility index (Phi) is 6.72. The quantitative estimate of drug-likeness (QED) is 0.623. The maximum Gasteiger partial charge on any atom is 0.257 e. The molecule has 0 aliphatic heterocycles. The average molecular weight is 344 g/mol. The highest BCUT2D eigenvalue weighted by Crippen LogP contribution is 2.15. The van der Waals surface area contributed by atoms with Gasteiger partial charge in [0.1, 0.15) is 12.4 Å². The number of methoxy groups -OCH3 is 1. The van der Waals surface area contributed by atoms with Crippen molar-refractivity contribution < 1.29 is 14.3 Å². The largest absolute Gasteiger partial charge is 0.491 e. The SMILES string of the molecule is COCCOc1ccc(NC(=S)NC(=O)c2cccc(C)c2)cc1. The van der Waals surface area contributed by atoms with E-state index >= 15 is 0 Å². The number of amides is 1. The second-order valence-corrected chi connectivity index (χ2v) is 5.55. The van der Waals surface area contributed by atoms with Crippen molar-refractivity contribution >= 4 is 28.9 Å². The predicted octanol–water partition coefficient (Wildman–Crippen LogP) is 3.15. The zero-order valence-corrected chi connectivity index (χ0v) is 14.5. The van der Waals surface area contributed by atoms with E-state index in [1.54, 1.807) is 13.2 Å². The third kappa shape index (κ3) is 5.64. The topological polar surface area (TPSA) is 59.6 Å². The molecule has 0 unspecified atom stereocenters. The van der Waals surface area contributed by atoms with Gasteiger partial charge < -0.3 is 14.8 Å². The first-order valence-corrected chi connectivity index (χ1v) is 7.90. The normalized spacial score (nSPS) is 10.1. The van der Waals surface area contributed by atoms with Crippen molar-refractivity contribution in [3.63, 3.8) is 0 Å². The maximum absolute atomic E-state index is 12.1. The summed E-state index contributed by atoms with van der Waals surface area (Å²) in [7, 11) is 1.63. The first kappa shape index (κ1) is 17.9. The molecule has 2 N–H and O–H groups in total. The van der Waals surface area contributed by atoms with Gasteiger partial charge in [-0.05, 0) is 55.5 Å². The minimum Gasteiger partial charge on any atom is -0.491 e. The third-order valence-electron chi connectivity index (χ3n) is 3.18. The van der Waals surface area contributed by atoms with E-state index in [1.165, 1.54) is 0 Å². The van der Waals surface area contributed by atoms with Crippen molar-refractivity contribution in [1.82, 2.24) is 5.32 Å². The summed E-state index contributed by atoms with van der Waals surface area (Å²) in [5, 5.41) is 5.88. The lowest BCUT2D eigenvalue weighted by atomic mass is 10.1. The number of nitrogens with one attached hydrogen (secondary N) is 2. The van der Waals surface area contributed by atoms with E-state index in [1.807, 2.05) is 49.4 Å². The molecule has 24 heavy (non-hydrogen) atoms. The molecule has 0 heterocycles. The maximum atomic E-state index is 12.1. The molecule has 0 saturated carbocycles. The van der Waals surface area contributed by atoms with Crippen LogP contribution < -0.4 is 15.4 Å². The van der Waals surface area contributed by atoms with Gasteiger partial charge in [-0.1, -0.05) is 17.7 Å². The van der Waals surface area contributed by atoms with Crippen molar-refractivity contribution in [1.29, 1.82) is 0 Å².